The Morgan fingerprint density at radius 3 is 3.00 bits per heavy atom. The molecule has 0 amide bonds. The van der Waals surface area contributed by atoms with Gasteiger partial charge in [0.25, 0.3) is 0 Å². The normalized spacial score (nSPS) is 12.2. The number of aromatic nitrogens is 2. The van der Waals surface area contributed by atoms with Gasteiger partial charge in [-0.15, -0.1) is 0 Å². The number of hydrogen-bond acceptors (Lipinski definition) is 4. The Morgan fingerprint density at radius 2 is 2.38 bits per heavy atom. The number of alkyl halides is 1. The van der Waals surface area contributed by atoms with E-state index in [-0.39, 0.29) is 0 Å². The molecule has 0 spiro atoms. The average Bonchev–Trinajstić information content (AvgIpc) is 2.31. The molecule has 0 aliphatic carbocycles. The highest BCUT2D eigenvalue weighted by atomic mass is 79.9. The van der Waals surface area contributed by atoms with Crippen molar-refractivity contribution in [3.63, 3.8) is 0 Å². The quantitative estimate of drug-likeness (QED) is 0.820. The lowest BCUT2D eigenvalue weighted by molar-refractivity contribution is 0.380. The minimum atomic E-state index is 0.317. The summed E-state index contributed by atoms with van der Waals surface area (Å²) in [5, 5.41) is 3.66. The molecule has 6 heteroatoms. The van der Waals surface area contributed by atoms with Gasteiger partial charge in [0.05, 0.1) is 13.3 Å². The number of rotatable bonds is 6. The van der Waals surface area contributed by atoms with Gasteiger partial charge in [-0.25, -0.2) is 4.98 Å². The fourth-order valence-corrected chi connectivity index (χ4v) is 1.51. The SMILES string of the molecule is CCC(Br)CCNc1nc(OC)ncc1Cl. The van der Waals surface area contributed by atoms with Crippen LogP contribution in [0.25, 0.3) is 0 Å². The van der Waals surface area contributed by atoms with Gasteiger partial charge in [0.1, 0.15) is 5.02 Å². The van der Waals surface area contributed by atoms with E-state index >= 15 is 0 Å². The van der Waals surface area contributed by atoms with E-state index in [4.69, 9.17) is 16.3 Å². The number of ether oxygens (including phenoxy) is 1. The molecule has 1 atom stereocenters. The van der Waals surface area contributed by atoms with Crippen LogP contribution in [0.3, 0.4) is 0 Å². The predicted molar refractivity (Wildman–Crippen MR) is 69.7 cm³/mol. The minimum Gasteiger partial charge on any atom is -0.467 e. The number of nitrogens with one attached hydrogen (secondary N) is 1. The first-order chi connectivity index (χ1) is 7.67. The van der Waals surface area contributed by atoms with E-state index in [1.54, 1.807) is 0 Å². The van der Waals surface area contributed by atoms with Gasteiger partial charge in [0.15, 0.2) is 5.82 Å². The van der Waals surface area contributed by atoms with E-state index in [1.165, 1.54) is 13.3 Å². The van der Waals surface area contributed by atoms with Crippen molar-refractivity contribution in [1.82, 2.24) is 9.97 Å². The molecule has 16 heavy (non-hydrogen) atoms. The number of hydrogen-bond donors (Lipinski definition) is 1. The number of methoxy groups -OCH3 is 1. The molecule has 1 N–H and O–H groups in total. The van der Waals surface area contributed by atoms with Crippen LogP contribution < -0.4 is 10.1 Å². The summed E-state index contributed by atoms with van der Waals surface area (Å²) in [5.74, 6) is 0.615. The Labute approximate surface area is 109 Å². The monoisotopic (exact) mass is 307 g/mol. The Kier molecular flexibility index (Phi) is 5.84. The fraction of sp³-hybridized carbons (Fsp3) is 0.600. The molecule has 90 valence electrons. The second kappa shape index (κ2) is 6.91. The molecule has 0 aromatic carbocycles. The first-order valence-corrected chi connectivity index (χ1v) is 6.41. The summed E-state index contributed by atoms with van der Waals surface area (Å²) in [6, 6.07) is 0.317. The molecule has 1 aromatic rings. The van der Waals surface area contributed by atoms with Crippen molar-refractivity contribution < 1.29 is 4.74 Å². The van der Waals surface area contributed by atoms with E-state index in [1.807, 2.05) is 0 Å². The van der Waals surface area contributed by atoms with Gasteiger partial charge in [0, 0.05) is 11.4 Å². The van der Waals surface area contributed by atoms with E-state index in [0.717, 1.165) is 19.4 Å². The molecule has 0 aliphatic heterocycles. The Hall–Kier alpha value is -0.550. The molecule has 0 aliphatic rings. The van der Waals surface area contributed by atoms with E-state index < -0.39 is 0 Å². The van der Waals surface area contributed by atoms with Crippen LogP contribution in [0.5, 0.6) is 6.01 Å². The topological polar surface area (TPSA) is 47.0 Å². The lowest BCUT2D eigenvalue weighted by Crippen LogP contribution is -2.09. The summed E-state index contributed by atoms with van der Waals surface area (Å²) >= 11 is 9.51. The maximum atomic E-state index is 5.95. The van der Waals surface area contributed by atoms with Crippen LogP contribution in [0, 0.1) is 0 Å². The third-order valence-corrected chi connectivity index (χ3v) is 3.48. The molecule has 1 heterocycles. The first kappa shape index (κ1) is 13.5. The van der Waals surface area contributed by atoms with Crippen molar-refractivity contribution in [2.45, 2.75) is 24.6 Å². The molecule has 0 fully saturated rings. The zero-order chi connectivity index (χ0) is 12.0. The van der Waals surface area contributed by atoms with Crippen LogP contribution in [0.1, 0.15) is 19.8 Å². The highest BCUT2D eigenvalue weighted by Crippen LogP contribution is 2.20. The van der Waals surface area contributed by atoms with Crippen molar-refractivity contribution in [3.8, 4) is 6.01 Å². The van der Waals surface area contributed by atoms with Gasteiger partial charge in [-0.05, 0) is 12.8 Å². The van der Waals surface area contributed by atoms with Gasteiger partial charge >= 0.3 is 6.01 Å². The number of anilines is 1. The molecule has 0 saturated carbocycles. The van der Waals surface area contributed by atoms with Gasteiger partial charge in [-0.3, -0.25) is 0 Å². The van der Waals surface area contributed by atoms with Gasteiger partial charge in [0.2, 0.25) is 0 Å². The maximum Gasteiger partial charge on any atom is 0.318 e. The lowest BCUT2D eigenvalue weighted by atomic mass is 10.2. The third-order valence-electron chi connectivity index (χ3n) is 2.10. The highest BCUT2D eigenvalue weighted by Gasteiger charge is 2.06. The van der Waals surface area contributed by atoms with Crippen molar-refractivity contribution in [3.05, 3.63) is 11.2 Å². The molecular formula is C10H15BrClN3O. The van der Waals surface area contributed by atoms with Crippen LogP contribution in [0.4, 0.5) is 5.82 Å². The first-order valence-electron chi connectivity index (χ1n) is 5.11. The number of nitrogens with zero attached hydrogens (tertiary/aromatic N) is 2. The second-order valence-electron chi connectivity index (χ2n) is 3.27. The Bertz CT molecular complexity index is 338. The summed E-state index contributed by atoms with van der Waals surface area (Å²) in [5.41, 5.74) is 0. The largest absolute Gasteiger partial charge is 0.467 e. The van der Waals surface area contributed by atoms with Crippen LogP contribution >= 0.6 is 27.5 Å². The summed E-state index contributed by atoms with van der Waals surface area (Å²) in [6.07, 6.45) is 3.64. The van der Waals surface area contributed by atoms with E-state index in [9.17, 15) is 0 Å². The summed E-state index contributed by atoms with van der Waals surface area (Å²) in [7, 11) is 1.53. The molecule has 1 aromatic heterocycles. The van der Waals surface area contributed by atoms with Crippen LogP contribution in [-0.2, 0) is 0 Å². The van der Waals surface area contributed by atoms with Crippen molar-refractivity contribution in [1.29, 1.82) is 0 Å². The Balaban J connectivity index is 2.52. The lowest BCUT2D eigenvalue weighted by Gasteiger charge is -2.10. The summed E-state index contributed by atoms with van der Waals surface area (Å²) in [6.45, 7) is 2.95. The summed E-state index contributed by atoms with van der Waals surface area (Å²) in [4.78, 5) is 8.54. The van der Waals surface area contributed by atoms with Crippen LogP contribution in [0.15, 0.2) is 6.20 Å². The van der Waals surface area contributed by atoms with Gasteiger partial charge in [-0.1, -0.05) is 34.5 Å². The van der Waals surface area contributed by atoms with Crippen molar-refractivity contribution >= 4 is 33.3 Å². The Morgan fingerprint density at radius 1 is 1.62 bits per heavy atom. The third kappa shape index (κ3) is 4.14. The van der Waals surface area contributed by atoms with Crippen LogP contribution in [0.2, 0.25) is 5.02 Å². The van der Waals surface area contributed by atoms with E-state index in [2.05, 4.69) is 38.1 Å². The van der Waals surface area contributed by atoms with Gasteiger partial charge < -0.3 is 10.1 Å². The zero-order valence-electron chi connectivity index (χ0n) is 9.33. The molecule has 1 rings (SSSR count). The molecule has 0 radical (unpaired) electrons. The standard InChI is InChI=1S/C10H15BrClN3O/c1-3-7(11)4-5-13-9-8(12)6-14-10(15-9)16-2/h6-7H,3-5H2,1-2H3,(H,13,14,15). The second-order valence-corrected chi connectivity index (χ2v) is 4.98. The van der Waals surface area contributed by atoms with Gasteiger partial charge in [-0.2, -0.15) is 4.98 Å². The van der Waals surface area contributed by atoms with E-state index in [0.29, 0.717) is 21.7 Å². The smallest absolute Gasteiger partial charge is 0.318 e. The molecular weight excluding hydrogens is 293 g/mol. The average molecular weight is 309 g/mol. The summed E-state index contributed by atoms with van der Waals surface area (Å²) < 4.78 is 4.93. The molecule has 1 unspecified atom stereocenters. The maximum absolute atomic E-state index is 5.95. The molecule has 0 bridgehead atoms. The molecule has 4 nitrogen and oxygen atoms in total. The van der Waals surface area contributed by atoms with Crippen molar-refractivity contribution in [2.24, 2.45) is 0 Å². The van der Waals surface area contributed by atoms with Crippen LogP contribution in [-0.4, -0.2) is 28.4 Å². The molecule has 0 saturated heterocycles. The minimum absolute atomic E-state index is 0.317. The highest BCUT2D eigenvalue weighted by molar-refractivity contribution is 9.09. The fourth-order valence-electron chi connectivity index (χ4n) is 1.12. The predicted octanol–water partition coefficient (Wildman–Crippen LogP) is 3.11. The number of halogens is 2. The zero-order valence-corrected chi connectivity index (χ0v) is 11.7. The van der Waals surface area contributed by atoms with Crippen molar-refractivity contribution in [2.75, 3.05) is 19.0 Å².